The zero-order valence-corrected chi connectivity index (χ0v) is 12.1. The number of aromatic nitrogens is 1. The predicted molar refractivity (Wildman–Crippen MR) is 74.2 cm³/mol. The minimum atomic E-state index is 0.161. The number of hydrogen-bond acceptors (Lipinski definition) is 3. The molecule has 0 atom stereocenters. The van der Waals surface area contributed by atoms with Gasteiger partial charge in [0.15, 0.2) is 0 Å². The van der Waals surface area contributed by atoms with Crippen molar-refractivity contribution in [3.8, 4) is 0 Å². The van der Waals surface area contributed by atoms with Crippen molar-refractivity contribution in [1.82, 2.24) is 14.8 Å². The van der Waals surface area contributed by atoms with Crippen LogP contribution in [0.4, 0.5) is 4.79 Å². The van der Waals surface area contributed by atoms with Gasteiger partial charge in [0, 0.05) is 32.1 Å². The van der Waals surface area contributed by atoms with Gasteiger partial charge in [0.25, 0.3) is 0 Å². The van der Waals surface area contributed by atoms with E-state index >= 15 is 0 Å². The molecule has 6 heteroatoms. The number of nitrogens with zero attached hydrogens (tertiary/aromatic N) is 3. The molecule has 1 aromatic rings. The first-order valence-electron chi connectivity index (χ1n) is 6.20. The van der Waals surface area contributed by atoms with Crippen LogP contribution in [0.25, 0.3) is 0 Å². The van der Waals surface area contributed by atoms with E-state index in [2.05, 4.69) is 4.98 Å². The molecule has 100 valence electrons. The van der Waals surface area contributed by atoms with Crippen molar-refractivity contribution in [3.63, 3.8) is 0 Å². The molecule has 0 saturated carbocycles. The molecule has 2 rings (SSSR count). The van der Waals surface area contributed by atoms with E-state index in [9.17, 15) is 4.79 Å². The van der Waals surface area contributed by atoms with E-state index in [4.69, 9.17) is 11.6 Å². The van der Waals surface area contributed by atoms with Crippen LogP contribution in [0.15, 0.2) is 5.38 Å². The molecule has 18 heavy (non-hydrogen) atoms. The highest BCUT2D eigenvalue weighted by Gasteiger charge is 2.24. The number of urea groups is 1. The summed E-state index contributed by atoms with van der Waals surface area (Å²) in [5.74, 6) is 0.491. The average molecular weight is 288 g/mol. The Balaban J connectivity index is 1.65. The van der Waals surface area contributed by atoms with Gasteiger partial charge < -0.3 is 9.80 Å². The average Bonchev–Trinajstić information content (AvgIpc) is 2.95. The second kappa shape index (κ2) is 6.38. The van der Waals surface area contributed by atoms with Crippen LogP contribution in [0, 0.1) is 0 Å². The molecular formula is C12H18ClN3OS. The Morgan fingerprint density at radius 3 is 2.89 bits per heavy atom. The monoisotopic (exact) mass is 287 g/mol. The minimum Gasteiger partial charge on any atom is -0.326 e. The van der Waals surface area contributed by atoms with Crippen molar-refractivity contribution < 1.29 is 4.79 Å². The van der Waals surface area contributed by atoms with Gasteiger partial charge in [-0.15, -0.1) is 22.9 Å². The summed E-state index contributed by atoms with van der Waals surface area (Å²) >= 11 is 7.39. The van der Waals surface area contributed by atoms with Gasteiger partial charge in [0.2, 0.25) is 0 Å². The van der Waals surface area contributed by atoms with Crippen LogP contribution in [0.2, 0.25) is 0 Å². The lowest BCUT2D eigenvalue weighted by molar-refractivity contribution is 0.198. The Hall–Kier alpha value is -0.810. The second-order valence-corrected chi connectivity index (χ2v) is 5.72. The van der Waals surface area contributed by atoms with Crippen molar-refractivity contribution in [2.75, 3.05) is 26.7 Å². The third-order valence-electron chi connectivity index (χ3n) is 3.11. The van der Waals surface area contributed by atoms with E-state index in [0.29, 0.717) is 5.88 Å². The van der Waals surface area contributed by atoms with Gasteiger partial charge in [0.05, 0.1) is 16.6 Å². The summed E-state index contributed by atoms with van der Waals surface area (Å²) in [6, 6.07) is 0.161. The predicted octanol–water partition coefficient (Wildman–Crippen LogP) is 2.57. The Morgan fingerprint density at radius 1 is 1.44 bits per heavy atom. The maximum Gasteiger partial charge on any atom is 0.319 e. The van der Waals surface area contributed by atoms with E-state index in [-0.39, 0.29) is 6.03 Å². The maximum atomic E-state index is 11.6. The van der Waals surface area contributed by atoms with Crippen LogP contribution in [0.1, 0.15) is 23.5 Å². The maximum absolute atomic E-state index is 11.6. The zero-order chi connectivity index (χ0) is 13.0. The molecule has 0 radical (unpaired) electrons. The van der Waals surface area contributed by atoms with E-state index in [1.54, 1.807) is 16.2 Å². The van der Waals surface area contributed by atoms with Crippen molar-refractivity contribution in [2.45, 2.75) is 25.1 Å². The molecule has 0 N–H and O–H groups in total. The van der Waals surface area contributed by atoms with Gasteiger partial charge in [-0.3, -0.25) is 0 Å². The summed E-state index contributed by atoms with van der Waals surface area (Å²) in [6.45, 7) is 2.57. The standard InChI is InChI=1S/C12H18ClN3OS/c1-15-6-7-16(12(15)17)5-3-2-4-11-14-10(8-13)9-18-11/h9H,2-8H2,1H3. The lowest BCUT2D eigenvalue weighted by atomic mass is 10.2. The van der Waals surface area contributed by atoms with Crippen LogP contribution in [0.5, 0.6) is 0 Å². The first kappa shape index (κ1) is 13.6. The van der Waals surface area contributed by atoms with E-state index in [1.807, 2.05) is 17.3 Å². The number of carbonyl (C=O) groups excluding carboxylic acids is 1. The second-order valence-electron chi connectivity index (χ2n) is 4.51. The summed E-state index contributed by atoms with van der Waals surface area (Å²) in [6.07, 6.45) is 3.09. The number of aryl methyl sites for hydroxylation is 1. The molecule has 0 spiro atoms. The van der Waals surface area contributed by atoms with Crippen molar-refractivity contribution in [3.05, 3.63) is 16.1 Å². The molecule has 4 nitrogen and oxygen atoms in total. The molecule has 1 aliphatic heterocycles. The number of unbranched alkanes of at least 4 members (excludes halogenated alkanes) is 1. The fraction of sp³-hybridized carbons (Fsp3) is 0.667. The number of halogens is 1. The van der Waals surface area contributed by atoms with Gasteiger partial charge in [-0.1, -0.05) is 0 Å². The Kier molecular flexibility index (Phi) is 4.83. The molecule has 1 aliphatic rings. The summed E-state index contributed by atoms with van der Waals surface area (Å²) in [4.78, 5) is 19.8. The van der Waals surface area contributed by atoms with Crippen LogP contribution in [-0.2, 0) is 12.3 Å². The smallest absolute Gasteiger partial charge is 0.319 e. The van der Waals surface area contributed by atoms with Crippen molar-refractivity contribution >= 4 is 29.0 Å². The number of rotatable bonds is 6. The highest BCUT2D eigenvalue weighted by atomic mass is 35.5. The van der Waals surface area contributed by atoms with Crippen molar-refractivity contribution in [1.29, 1.82) is 0 Å². The summed E-state index contributed by atoms with van der Waals surface area (Å²) in [5.41, 5.74) is 0.966. The SMILES string of the molecule is CN1CCN(CCCCc2nc(CCl)cs2)C1=O. The van der Waals surface area contributed by atoms with E-state index in [1.165, 1.54) is 0 Å². The third-order valence-corrected chi connectivity index (χ3v) is 4.34. The van der Waals surface area contributed by atoms with Gasteiger partial charge >= 0.3 is 6.03 Å². The summed E-state index contributed by atoms with van der Waals surface area (Å²) in [5, 5.41) is 3.16. The molecule has 0 bridgehead atoms. The summed E-state index contributed by atoms with van der Waals surface area (Å²) < 4.78 is 0. The number of thiazole rings is 1. The number of likely N-dealkylation sites (N-methyl/N-ethyl adjacent to an activating group) is 1. The number of alkyl halides is 1. The lowest BCUT2D eigenvalue weighted by Crippen LogP contribution is -2.30. The zero-order valence-electron chi connectivity index (χ0n) is 10.6. The fourth-order valence-electron chi connectivity index (χ4n) is 2.01. The normalized spacial score (nSPS) is 15.8. The quantitative estimate of drug-likeness (QED) is 0.596. The van der Waals surface area contributed by atoms with Crippen LogP contribution < -0.4 is 0 Å². The van der Waals surface area contributed by atoms with E-state index in [0.717, 1.165) is 49.6 Å². The Labute approximate surface area is 117 Å². The molecule has 1 fully saturated rings. The molecule has 0 aromatic carbocycles. The Bertz CT molecular complexity index is 410. The first-order valence-corrected chi connectivity index (χ1v) is 7.61. The van der Waals surface area contributed by atoms with Gasteiger partial charge in [-0.25, -0.2) is 9.78 Å². The molecule has 2 heterocycles. The van der Waals surface area contributed by atoms with Gasteiger partial charge in [-0.2, -0.15) is 0 Å². The lowest BCUT2D eigenvalue weighted by Gasteiger charge is -2.15. The summed E-state index contributed by atoms with van der Waals surface area (Å²) in [7, 11) is 1.85. The Morgan fingerprint density at radius 2 is 2.28 bits per heavy atom. The van der Waals surface area contributed by atoms with Gasteiger partial charge in [0.1, 0.15) is 0 Å². The van der Waals surface area contributed by atoms with Crippen LogP contribution in [0.3, 0.4) is 0 Å². The largest absolute Gasteiger partial charge is 0.326 e. The number of carbonyl (C=O) groups is 1. The van der Waals surface area contributed by atoms with Crippen molar-refractivity contribution in [2.24, 2.45) is 0 Å². The van der Waals surface area contributed by atoms with E-state index < -0.39 is 0 Å². The van der Waals surface area contributed by atoms with Crippen LogP contribution >= 0.6 is 22.9 Å². The number of hydrogen-bond donors (Lipinski definition) is 0. The molecule has 1 aromatic heterocycles. The topological polar surface area (TPSA) is 36.4 Å². The highest BCUT2D eigenvalue weighted by molar-refractivity contribution is 7.09. The molecular weight excluding hydrogens is 270 g/mol. The highest BCUT2D eigenvalue weighted by Crippen LogP contribution is 2.15. The molecule has 1 saturated heterocycles. The van der Waals surface area contributed by atoms with Crippen LogP contribution in [-0.4, -0.2) is 47.5 Å². The third kappa shape index (κ3) is 3.36. The molecule has 0 aliphatic carbocycles. The first-order chi connectivity index (χ1) is 8.70. The minimum absolute atomic E-state index is 0.161. The molecule has 2 amide bonds. The number of amides is 2. The van der Waals surface area contributed by atoms with Gasteiger partial charge in [-0.05, 0) is 19.3 Å². The molecule has 0 unspecified atom stereocenters. The fourth-order valence-corrected chi connectivity index (χ4v) is 3.08.